The number of thiophene rings is 1. The van der Waals surface area contributed by atoms with Gasteiger partial charge in [0.25, 0.3) is 0 Å². The Morgan fingerprint density at radius 2 is 2.14 bits per heavy atom. The van der Waals surface area contributed by atoms with Crippen LogP contribution in [0, 0.1) is 5.92 Å². The molecule has 0 bridgehead atoms. The maximum absolute atomic E-state index is 9.84. The highest BCUT2D eigenvalue weighted by Gasteiger charge is 2.09. The number of rotatable bonds is 5. The predicted octanol–water partition coefficient (Wildman–Crippen LogP) is 4.37. The van der Waals surface area contributed by atoms with E-state index in [0.717, 1.165) is 28.1 Å². The summed E-state index contributed by atoms with van der Waals surface area (Å²) in [6.07, 6.45) is 2.91. The van der Waals surface area contributed by atoms with E-state index in [-0.39, 0.29) is 6.10 Å². The van der Waals surface area contributed by atoms with Gasteiger partial charge in [0.2, 0.25) is 0 Å². The van der Waals surface area contributed by atoms with Gasteiger partial charge in [0, 0.05) is 14.7 Å². The van der Waals surface area contributed by atoms with Gasteiger partial charge < -0.3 is 5.11 Å². The Labute approximate surface area is 98.3 Å². The van der Waals surface area contributed by atoms with Crippen LogP contribution in [0.4, 0.5) is 0 Å². The van der Waals surface area contributed by atoms with Gasteiger partial charge in [0.1, 0.15) is 0 Å². The molecule has 1 unspecified atom stereocenters. The fraction of sp³-hybridized carbons (Fsp3) is 0.636. The van der Waals surface area contributed by atoms with Gasteiger partial charge in [0.05, 0.1) is 6.10 Å². The Morgan fingerprint density at radius 1 is 1.43 bits per heavy atom. The van der Waals surface area contributed by atoms with Crippen LogP contribution < -0.4 is 0 Å². The molecule has 0 fully saturated rings. The molecule has 0 saturated heterocycles. The molecule has 0 aliphatic heterocycles. The zero-order valence-electron chi connectivity index (χ0n) is 8.66. The molecule has 1 aromatic heterocycles. The summed E-state index contributed by atoms with van der Waals surface area (Å²) in [6.45, 7) is 4.43. The lowest BCUT2D eigenvalue weighted by Gasteiger charge is -2.09. The Morgan fingerprint density at radius 3 is 2.64 bits per heavy atom. The van der Waals surface area contributed by atoms with Crippen molar-refractivity contribution in [1.29, 1.82) is 0 Å². The second-order valence-electron chi connectivity index (χ2n) is 4.01. The van der Waals surface area contributed by atoms with Crippen molar-refractivity contribution in [2.75, 3.05) is 0 Å². The highest BCUT2D eigenvalue weighted by molar-refractivity contribution is 9.10. The first-order chi connectivity index (χ1) is 6.59. The molecular weight excluding hydrogens is 260 g/mol. The van der Waals surface area contributed by atoms with Crippen molar-refractivity contribution in [3.63, 3.8) is 0 Å². The van der Waals surface area contributed by atoms with Gasteiger partial charge in [-0.1, -0.05) is 26.7 Å². The van der Waals surface area contributed by atoms with Crippen LogP contribution in [0.1, 0.15) is 44.1 Å². The lowest BCUT2D eigenvalue weighted by atomic mass is 10.0. The number of aliphatic hydroxyl groups is 1. The first-order valence-electron chi connectivity index (χ1n) is 5.01. The molecule has 0 spiro atoms. The van der Waals surface area contributed by atoms with Crippen molar-refractivity contribution >= 4 is 27.3 Å². The molecule has 0 aliphatic carbocycles. The molecule has 80 valence electrons. The first kappa shape index (κ1) is 12.2. The van der Waals surface area contributed by atoms with E-state index in [0.29, 0.717) is 0 Å². The number of aliphatic hydroxyl groups excluding tert-OH is 1. The molecule has 1 aromatic rings. The molecule has 1 heterocycles. The molecule has 0 amide bonds. The van der Waals surface area contributed by atoms with Crippen LogP contribution in [-0.2, 0) is 0 Å². The summed E-state index contributed by atoms with van der Waals surface area (Å²) >= 11 is 5.01. The van der Waals surface area contributed by atoms with Crippen LogP contribution >= 0.6 is 27.3 Å². The minimum Gasteiger partial charge on any atom is -0.388 e. The average molecular weight is 277 g/mol. The number of hydrogen-bond donors (Lipinski definition) is 1. The van der Waals surface area contributed by atoms with Crippen LogP contribution in [0.2, 0.25) is 0 Å². The van der Waals surface area contributed by atoms with Crippen LogP contribution in [0.5, 0.6) is 0 Å². The van der Waals surface area contributed by atoms with Crippen molar-refractivity contribution in [2.45, 2.75) is 39.2 Å². The Kier molecular flexibility index (Phi) is 5.13. The summed E-state index contributed by atoms with van der Waals surface area (Å²) in [5.74, 6) is 0.734. The van der Waals surface area contributed by atoms with Crippen molar-refractivity contribution in [2.24, 2.45) is 5.92 Å². The van der Waals surface area contributed by atoms with Crippen molar-refractivity contribution in [3.8, 4) is 0 Å². The lowest BCUT2D eigenvalue weighted by Crippen LogP contribution is -1.96. The van der Waals surface area contributed by atoms with Crippen LogP contribution in [0.15, 0.2) is 15.9 Å². The fourth-order valence-electron chi connectivity index (χ4n) is 1.36. The third-order valence-corrected chi connectivity index (χ3v) is 3.97. The monoisotopic (exact) mass is 276 g/mol. The highest BCUT2D eigenvalue weighted by Crippen LogP contribution is 2.28. The smallest absolute Gasteiger partial charge is 0.0882 e. The summed E-state index contributed by atoms with van der Waals surface area (Å²) < 4.78 is 1.07. The minimum atomic E-state index is -0.273. The second kappa shape index (κ2) is 5.89. The summed E-state index contributed by atoms with van der Waals surface area (Å²) in [5, 5.41) is 11.9. The molecule has 0 aliphatic rings. The zero-order valence-corrected chi connectivity index (χ0v) is 11.1. The van der Waals surface area contributed by atoms with E-state index in [4.69, 9.17) is 0 Å². The molecule has 0 aromatic carbocycles. The van der Waals surface area contributed by atoms with Gasteiger partial charge >= 0.3 is 0 Å². The molecule has 1 rings (SSSR count). The zero-order chi connectivity index (χ0) is 10.6. The molecule has 1 nitrogen and oxygen atoms in total. The summed E-state index contributed by atoms with van der Waals surface area (Å²) in [4.78, 5) is 1.07. The van der Waals surface area contributed by atoms with E-state index in [9.17, 15) is 5.11 Å². The molecular formula is C11H17BrOS. The minimum absolute atomic E-state index is 0.273. The third kappa shape index (κ3) is 4.11. The lowest BCUT2D eigenvalue weighted by molar-refractivity contribution is 0.165. The highest BCUT2D eigenvalue weighted by atomic mass is 79.9. The van der Waals surface area contributed by atoms with Gasteiger partial charge in [0.15, 0.2) is 0 Å². The van der Waals surface area contributed by atoms with Gasteiger partial charge in [-0.15, -0.1) is 11.3 Å². The molecule has 0 radical (unpaired) electrons. The van der Waals surface area contributed by atoms with Crippen molar-refractivity contribution < 1.29 is 5.11 Å². The molecule has 14 heavy (non-hydrogen) atoms. The largest absolute Gasteiger partial charge is 0.388 e. The van der Waals surface area contributed by atoms with E-state index in [2.05, 4.69) is 29.8 Å². The molecule has 1 atom stereocenters. The number of hydrogen-bond acceptors (Lipinski definition) is 2. The fourth-order valence-corrected chi connectivity index (χ4v) is 2.83. The van der Waals surface area contributed by atoms with Crippen molar-refractivity contribution in [3.05, 3.63) is 20.8 Å². The predicted molar refractivity (Wildman–Crippen MR) is 65.7 cm³/mol. The quantitative estimate of drug-likeness (QED) is 0.847. The Bertz CT molecular complexity index is 270. The van der Waals surface area contributed by atoms with E-state index < -0.39 is 0 Å². The van der Waals surface area contributed by atoms with Gasteiger partial charge in [-0.3, -0.25) is 0 Å². The normalized spacial score (nSPS) is 13.5. The summed E-state index contributed by atoms with van der Waals surface area (Å²) in [5.41, 5.74) is 0. The van der Waals surface area contributed by atoms with Gasteiger partial charge in [-0.2, -0.15) is 0 Å². The maximum atomic E-state index is 9.84. The van der Waals surface area contributed by atoms with Gasteiger partial charge in [-0.05, 0) is 34.3 Å². The topological polar surface area (TPSA) is 20.2 Å². The standard InChI is InChI=1S/C11H17BrOS/c1-8(2)4-3-5-10(13)11-6-9(12)7-14-11/h6-8,10,13H,3-5H2,1-2H3. The maximum Gasteiger partial charge on any atom is 0.0882 e. The van der Waals surface area contributed by atoms with Crippen LogP contribution in [0.3, 0.4) is 0 Å². The molecule has 3 heteroatoms. The van der Waals surface area contributed by atoms with Crippen LogP contribution in [0.25, 0.3) is 0 Å². The van der Waals surface area contributed by atoms with Crippen molar-refractivity contribution in [1.82, 2.24) is 0 Å². The average Bonchev–Trinajstić information content (AvgIpc) is 2.51. The molecule has 1 N–H and O–H groups in total. The van der Waals surface area contributed by atoms with E-state index in [1.807, 2.05) is 11.4 Å². The Hall–Kier alpha value is 0.140. The van der Waals surface area contributed by atoms with E-state index in [1.165, 1.54) is 6.42 Å². The first-order valence-corrected chi connectivity index (χ1v) is 6.69. The molecule has 0 saturated carbocycles. The third-order valence-electron chi connectivity index (χ3n) is 2.18. The van der Waals surface area contributed by atoms with E-state index >= 15 is 0 Å². The van der Waals surface area contributed by atoms with Gasteiger partial charge in [-0.25, -0.2) is 0 Å². The SMILES string of the molecule is CC(C)CCCC(O)c1cc(Br)cs1. The number of halogens is 1. The Balaban J connectivity index is 2.32. The van der Waals surface area contributed by atoms with Crippen LogP contribution in [-0.4, -0.2) is 5.11 Å². The second-order valence-corrected chi connectivity index (χ2v) is 5.87. The van der Waals surface area contributed by atoms with E-state index in [1.54, 1.807) is 11.3 Å². The summed E-state index contributed by atoms with van der Waals surface area (Å²) in [7, 11) is 0. The summed E-state index contributed by atoms with van der Waals surface area (Å²) in [6, 6.07) is 2.00.